The molecule has 0 bridgehead atoms. The summed E-state index contributed by atoms with van der Waals surface area (Å²) in [4.78, 5) is 24.2. The van der Waals surface area contributed by atoms with Crippen molar-refractivity contribution in [3.05, 3.63) is 58.1 Å². The molecule has 0 saturated carbocycles. The van der Waals surface area contributed by atoms with Gasteiger partial charge in [-0.05, 0) is 42.5 Å². The zero-order valence-corrected chi connectivity index (χ0v) is 15.8. The fourth-order valence-electron chi connectivity index (χ4n) is 1.92. The van der Waals surface area contributed by atoms with Crippen LogP contribution in [0.5, 0.6) is 0 Å². The first-order valence-corrected chi connectivity index (χ1v) is 9.25. The van der Waals surface area contributed by atoms with Gasteiger partial charge in [0.2, 0.25) is 5.91 Å². The van der Waals surface area contributed by atoms with Crippen LogP contribution in [0, 0.1) is 11.3 Å². The van der Waals surface area contributed by atoms with Gasteiger partial charge in [-0.15, -0.1) is 11.8 Å². The summed E-state index contributed by atoms with van der Waals surface area (Å²) in [5.74, 6) is -0.328. The first-order valence-electron chi connectivity index (χ1n) is 7.51. The number of amides is 1. The molecule has 0 radical (unpaired) electrons. The summed E-state index contributed by atoms with van der Waals surface area (Å²) >= 11 is 13.4. The number of benzene rings is 2. The largest absolute Gasteiger partial charge is 0.461 e. The highest BCUT2D eigenvalue weighted by molar-refractivity contribution is 7.99. The van der Waals surface area contributed by atoms with E-state index in [0.29, 0.717) is 27.0 Å². The third-order valence-corrected chi connectivity index (χ3v) is 4.81. The highest BCUT2D eigenvalue weighted by Gasteiger charge is 2.09. The molecule has 8 heteroatoms. The van der Waals surface area contributed by atoms with E-state index in [1.165, 1.54) is 11.8 Å². The molecule has 0 aromatic heterocycles. The van der Waals surface area contributed by atoms with Crippen molar-refractivity contribution in [2.75, 3.05) is 17.7 Å². The van der Waals surface area contributed by atoms with E-state index in [9.17, 15) is 9.59 Å². The molecule has 2 rings (SSSR count). The standard InChI is InChI=1S/C18H14Cl2N2O3S/c19-13-3-6-15(20)16(11-13)26-10-9-25-18(24)12-1-4-14(5-2-12)22-17(23)7-8-21/h1-6,11H,7,9-10H2,(H,22,23). The van der Waals surface area contributed by atoms with Crippen LogP contribution in [0.4, 0.5) is 5.69 Å². The molecule has 0 heterocycles. The van der Waals surface area contributed by atoms with Gasteiger partial charge in [0.1, 0.15) is 13.0 Å². The maximum atomic E-state index is 12.0. The van der Waals surface area contributed by atoms with Gasteiger partial charge in [-0.3, -0.25) is 4.79 Å². The number of rotatable bonds is 7. The van der Waals surface area contributed by atoms with Gasteiger partial charge >= 0.3 is 5.97 Å². The Labute approximate surface area is 165 Å². The van der Waals surface area contributed by atoms with E-state index in [4.69, 9.17) is 33.2 Å². The molecule has 0 unspecified atom stereocenters. The summed E-state index contributed by atoms with van der Waals surface area (Å²) in [6.07, 6.45) is -0.224. The van der Waals surface area contributed by atoms with Gasteiger partial charge in [-0.2, -0.15) is 5.26 Å². The number of carbonyl (C=O) groups excluding carboxylic acids is 2. The van der Waals surface area contributed by atoms with Gasteiger partial charge in [0.05, 0.1) is 16.7 Å². The van der Waals surface area contributed by atoms with Gasteiger partial charge in [0.15, 0.2) is 0 Å². The van der Waals surface area contributed by atoms with Crippen molar-refractivity contribution in [3.63, 3.8) is 0 Å². The molecule has 0 saturated heterocycles. The number of anilines is 1. The van der Waals surface area contributed by atoms with Crippen LogP contribution < -0.4 is 5.32 Å². The van der Waals surface area contributed by atoms with Crippen molar-refractivity contribution in [2.24, 2.45) is 0 Å². The number of halogens is 2. The lowest BCUT2D eigenvalue weighted by atomic mass is 10.2. The molecule has 1 amide bonds. The minimum absolute atomic E-state index is 0.215. The molecule has 1 N–H and O–H groups in total. The van der Waals surface area contributed by atoms with E-state index in [0.717, 1.165) is 4.90 Å². The van der Waals surface area contributed by atoms with Crippen LogP contribution in [0.25, 0.3) is 0 Å². The van der Waals surface area contributed by atoms with E-state index in [-0.39, 0.29) is 13.0 Å². The summed E-state index contributed by atoms with van der Waals surface area (Å²) in [6, 6.07) is 13.2. The predicted molar refractivity (Wildman–Crippen MR) is 103 cm³/mol. The Balaban J connectivity index is 1.80. The van der Waals surface area contributed by atoms with Crippen LogP contribution in [-0.2, 0) is 9.53 Å². The Kier molecular flexibility index (Phi) is 7.79. The van der Waals surface area contributed by atoms with Crippen LogP contribution in [-0.4, -0.2) is 24.2 Å². The van der Waals surface area contributed by atoms with Crippen LogP contribution in [0.15, 0.2) is 47.4 Å². The molecule has 134 valence electrons. The summed E-state index contributed by atoms with van der Waals surface area (Å²) in [5, 5.41) is 12.2. The molecule has 0 aliphatic carbocycles. The van der Waals surface area contributed by atoms with Gasteiger partial charge in [-0.25, -0.2) is 4.79 Å². The Morgan fingerprint density at radius 3 is 2.58 bits per heavy atom. The van der Waals surface area contributed by atoms with Crippen molar-refractivity contribution in [1.82, 2.24) is 0 Å². The molecule has 0 aliphatic heterocycles. The quantitative estimate of drug-likeness (QED) is 0.404. The number of nitrogens with zero attached hydrogens (tertiary/aromatic N) is 1. The van der Waals surface area contributed by atoms with Gasteiger partial charge < -0.3 is 10.1 Å². The molecule has 26 heavy (non-hydrogen) atoms. The zero-order valence-electron chi connectivity index (χ0n) is 13.5. The lowest BCUT2D eigenvalue weighted by molar-refractivity contribution is -0.115. The number of ether oxygens (including phenoxy) is 1. The van der Waals surface area contributed by atoms with Gasteiger partial charge in [0.25, 0.3) is 0 Å². The van der Waals surface area contributed by atoms with Gasteiger partial charge in [-0.1, -0.05) is 23.2 Å². The van der Waals surface area contributed by atoms with E-state index in [1.54, 1.807) is 48.5 Å². The van der Waals surface area contributed by atoms with Crippen LogP contribution in [0.1, 0.15) is 16.8 Å². The minimum atomic E-state index is -0.460. The zero-order chi connectivity index (χ0) is 18.9. The molecular formula is C18H14Cl2N2O3S. The highest BCUT2D eigenvalue weighted by atomic mass is 35.5. The topological polar surface area (TPSA) is 79.2 Å². The van der Waals surface area contributed by atoms with Crippen molar-refractivity contribution < 1.29 is 14.3 Å². The maximum absolute atomic E-state index is 12.0. The van der Waals surface area contributed by atoms with Crippen LogP contribution in [0.2, 0.25) is 10.0 Å². The number of hydrogen-bond donors (Lipinski definition) is 1. The number of nitriles is 1. The lowest BCUT2D eigenvalue weighted by Crippen LogP contribution is -2.11. The predicted octanol–water partition coefficient (Wildman–Crippen LogP) is 4.79. The Hall–Kier alpha value is -2.20. The second-order valence-corrected chi connectivity index (χ2v) is 7.00. The summed E-state index contributed by atoms with van der Waals surface area (Å²) in [7, 11) is 0. The second-order valence-electron chi connectivity index (χ2n) is 5.02. The monoisotopic (exact) mass is 408 g/mol. The second kappa shape index (κ2) is 10.1. The van der Waals surface area contributed by atoms with E-state index in [1.807, 2.05) is 0 Å². The van der Waals surface area contributed by atoms with E-state index < -0.39 is 11.9 Å². The first-order chi connectivity index (χ1) is 12.5. The molecule has 0 fully saturated rings. The number of carbonyl (C=O) groups is 2. The first kappa shape index (κ1) is 20.1. The van der Waals surface area contributed by atoms with E-state index in [2.05, 4.69) is 5.32 Å². The molecule has 0 aliphatic rings. The van der Waals surface area contributed by atoms with Crippen molar-refractivity contribution in [3.8, 4) is 6.07 Å². The Morgan fingerprint density at radius 1 is 1.15 bits per heavy atom. The highest BCUT2D eigenvalue weighted by Crippen LogP contribution is 2.29. The Morgan fingerprint density at radius 2 is 1.88 bits per heavy atom. The average Bonchev–Trinajstić information content (AvgIpc) is 2.62. The minimum Gasteiger partial charge on any atom is -0.461 e. The third kappa shape index (κ3) is 6.26. The van der Waals surface area contributed by atoms with Crippen LogP contribution >= 0.6 is 35.0 Å². The Bertz CT molecular complexity index is 835. The molecule has 5 nitrogen and oxygen atoms in total. The SMILES string of the molecule is N#CCC(=O)Nc1ccc(C(=O)OCCSc2cc(Cl)ccc2Cl)cc1. The summed E-state index contributed by atoms with van der Waals surface area (Å²) in [6.45, 7) is 0.215. The van der Waals surface area contributed by atoms with Crippen molar-refractivity contribution >= 4 is 52.5 Å². The molecule has 2 aromatic carbocycles. The fraction of sp³-hybridized carbons (Fsp3) is 0.167. The summed E-state index contributed by atoms with van der Waals surface area (Å²) < 4.78 is 5.21. The van der Waals surface area contributed by atoms with Crippen molar-refractivity contribution in [1.29, 1.82) is 5.26 Å². The number of nitrogens with one attached hydrogen (secondary N) is 1. The third-order valence-electron chi connectivity index (χ3n) is 3.11. The fourth-order valence-corrected chi connectivity index (χ4v) is 3.24. The van der Waals surface area contributed by atoms with Crippen LogP contribution in [0.3, 0.4) is 0 Å². The number of hydrogen-bond acceptors (Lipinski definition) is 5. The number of esters is 1. The maximum Gasteiger partial charge on any atom is 0.338 e. The summed E-state index contributed by atoms with van der Waals surface area (Å²) in [5.41, 5.74) is 0.877. The average molecular weight is 409 g/mol. The van der Waals surface area contributed by atoms with Crippen molar-refractivity contribution in [2.45, 2.75) is 11.3 Å². The van der Waals surface area contributed by atoms with E-state index >= 15 is 0 Å². The lowest BCUT2D eigenvalue weighted by Gasteiger charge is -2.07. The smallest absolute Gasteiger partial charge is 0.338 e. The molecule has 0 atom stereocenters. The number of thioether (sulfide) groups is 1. The molecular weight excluding hydrogens is 395 g/mol. The molecule has 0 spiro atoms. The molecule has 2 aromatic rings. The normalized spacial score (nSPS) is 10.0. The van der Waals surface area contributed by atoms with Gasteiger partial charge in [0, 0.05) is 21.4 Å².